The second-order valence-electron chi connectivity index (χ2n) is 4.58. The zero-order valence-electron chi connectivity index (χ0n) is 11.9. The smallest absolute Gasteiger partial charge is 0.342 e. The molecule has 0 bridgehead atoms. The molecule has 0 saturated heterocycles. The third kappa shape index (κ3) is 4.87. The average Bonchev–Trinajstić information content (AvgIpc) is 2.54. The molecule has 23 heavy (non-hydrogen) atoms. The van der Waals surface area contributed by atoms with Gasteiger partial charge in [0.2, 0.25) is 0 Å². The number of para-hydroxylation sites is 1. The van der Waals surface area contributed by atoms with E-state index in [-0.39, 0.29) is 24.5 Å². The summed E-state index contributed by atoms with van der Waals surface area (Å²) in [5.41, 5.74) is 5.92. The number of rotatable bonds is 6. The first kappa shape index (κ1) is 17.1. The van der Waals surface area contributed by atoms with Crippen LogP contribution in [0.4, 0.5) is 0 Å². The number of primary amides is 1. The highest BCUT2D eigenvalue weighted by Crippen LogP contribution is 2.24. The van der Waals surface area contributed by atoms with Gasteiger partial charge < -0.3 is 15.2 Å². The number of carbonyl (C=O) groups excluding carboxylic acids is 2. The van der Waals surface area contributed by atoms with Gasteiger partial charge >= 0.3 is 5.97 Å². The van der Waals surface area contributed by atoms with Gasteiger partial charge in [-0.05, 0) is 29.8 Å². The van der Waals surface area contributed by atoms with Crippen LogP contribution in [0, 0.1) is 0 Å². The average molecular weight is 354 g/mol. The summed E-state index contributed by atoms with van der Waals surface area (Å²) >= 11 is 11.7. The van der Waals surface area contributed by atoms with Crippen LogP contribution in [-0.4, -0.2) is 18.5 Å². The lowest BCUT2D eigenvalue weighted by Gasteiger charge is -2.10. The monoisotopic (exact) mass is 353 g/mol. The van der Waals surface area contributed by atoms with Crippen LogP contribution in [0.5, 0.6) is 5.75 Å². The SMILES string of the molecule is NC(=O)COc1ccccc1C(=O)OCc1ccc(Cl)c(Cl)c1. The number of halogens is 2. The number of hydrogen-bond donors (Lipinski definition) is 1. The van der Waals surface area contributed by atoms with Crippen molar-refractivity contribution in [3.63, 3.8) is 0 Å². The maximum atomic E-state index is 12.2. The predicted molar refractivity (Wildman–Crippen MR) is 86.7 cm³/mol. The molecular formula is C16H13Cl2NO4. The lowest BCUT2D eigenvalue weighted by Crippen LogP contribution is -2.21. The van der Waals surface area contributed by atoms with Gasteiger partial charge in [0.1, 0.15) is 17.9 Å². The van der Waals surface area contributed by atoms with E-state index in [9.17, 15) is 9.59 Å². The fourth-order valence-electron chi connectivity index (χ4n) is 1.77. The molecule has 0 aromatic heterocycles. The van der Waals surface area contributed by atoms with E-state index in [2.05, 4.69) is 0 Å². The number of amides is 1. The van der Waals surface area contributed by atoms with Crippen molar-refractivity contribution in [2.24, 2.45) is 5.73 Å². The normalized spacial score (nSPS) is 10.2. The molecule has 0 unspecified atom stereocenters. The second kappa shape index (κ2) is 7.85. The Morgan fingerprint density at radius 1 is 1.04 bits per heavy atom. The molecule has 2 rings (SSSR count). The van der Waals surface area contributed by atoms with Gasteiger partial charge in [-0.15, -0.1) is 0 Å². The standard InChI is InChI=1S/C16H13Cl2NO4/c17-12-6-5-10(7-13(12)18)8-23-16(21)11-3-1-2-4-14(11)22-9-15(19)20/h1-7H,8-9H2,(H2,19,20). The van der Waals surface area contributed by atoms with Crippen molar-refractivity contribution >= 4 is 35.1 Å². The van der Waals surface area contributed by atoms with Crippen molar-refractivity contribution in [2.75, 3.05) is 6.61 Å². The second-order valence-corrected chi connectivity index (χ2v) is 5.39. The minimum atomic E-state index is -0.635. The highest BCUT2D eigenvalue weighted by atomic mass is 35.5. The first-order valence-electron chi connectivity index (χ1n) is 6.58. The van der Waals surface area contributed by atoms with Gasteiger partial charge in [0, 0.05) is 0 Å². The number of hydrogen-bond acceptors (Lipinski definition) is 4. The van der Waals surface area contributed by atoms with Crippen molar-refractivity contribution in [1.82, 2.24) is 0 Å². The molecule has 2 aromatic carbocycles. The predicted octanol–water partition coefficient (Wildman–Crippen LogP) is 3.21. The van der Waals surface area contributed by atoms with Crippen molar-refractivity contribution < 1.29 is 19.1 Å². The molecular weight excluding hydrogens is 341 g/mol. The van der Waals surface area contributed by atoms with Gasteiger partial charge in [0.25, 0.3) is 5.91 Å². The molecule has 0 atom stereocenters. The molecule has 0 aliphatic heterocycles. The van der Waals surface area contributed by atoms with Crippen LogP contribution in [0.2, 0.25) is 10.0 Å². The Morgan fingerprint density at radius 3 is 2.48 bits per heavy atom. The van der Waals surface area contributed by atoms with E-state index in [1.807, 2.05) is 0 Å². The fraction of sp³-hybridized carbons (Fsp3) is 0.125. The van der Waals surface area contributed by atoms with Crippen LogP contribution >= 0.6 is 23.2 Å². The van der Waals surface area contributed by atoms with E-state index < -0.39 is 11.9 Å². The number of esters is 1. The van der Waals surface area contributed by atoms with Crippen LogP contribution < -0.4 is 10.5 Å². The molecule has 120 valence electrons. The highest BCUT2D eigenvalue weighted by Gasteiger charge is 2.14. The Bertz CT molecular complexity index is 734. The van der Waals surface area contributed by atoms with Crippen LogP contribution in [0.25, 0.3) is 0 Å². The van der Waals surface area contributed by atoms with Gasteiger partial charge in [-0.25, -0.2) is 4.79 Å². The van der Waals surface area contributed by atoms with Crippen molar-refractivity contribution in [2.45, 2.75) is 6.61 Å². The summed E-state index contributed by atoms with van der Waals surface area (Å²) in [4.78, 5) is 22.9. The van der Waals surface area contributed by atoms with Crippen LogP contribution in [0.3, 0.4) is 0 Å². The minimum Gasteiger partial charge on any atom is -0.483 e. The number of carbonyl (C=O) groups is 2. The zero-order valence-corrected chi connectivity index (χ0v) is 13.4. The Hall–Kier alpha value is -2.24. The summed E-state index contributed by atoms with van der Waals surface area (Å²) in [5.74, 6) is -0.995. The quantitative estimate of drug-likeness (QED) is 0.808. The minimum absolute atomic E-state index is 0.0277. The zero-order chi connectivity index (χ0) is 16.8. The largest absolute Gasteiger partial charge is 0.483 e. The lowest BCUT2D eigenvalue weighted by atomic mass is 10.2. The third-order valence-corrected chi connectivity index (χ3v) is 3.57. The van der Waals surface area contributed by atoms with Crippen LogP contribution in [-0.2, 0) is 16.1 Å². The third-order valence-electron chi connectivity index (χ3n) is 2.83. The Kier molecular flexibility index (Phi) is 5.84. The van der Waals surface area contributed by atoms with E-state index >= 15 is 0 Å². The van der Waals surface area contributed by atoms with E-state index in [4.69, 9.17) is 38.4 Å². The van der Waals surface area contributed by atoms with Gasteiger partial charge in [-0.1, -0.05) is 41.4 Å². The molecule has 2 aromatic rings. The number of nitrogens with two attached hydrogens (primary N) is 1. The highest BCUT2D eigenvalue weighted by molar-refractivity contribution is 6.42. The summed E-state index contributed by atoms with van der Waals surface area (Å²) in [6.07, 6.45) is 0. The van der Waals surface area contributed by atoms with Crippen LogP contribution in [0.15, 0.2) is 42.5 Å². The first-order valence-corrected chi connectivity index (χ1v) is 7.34. The summed E-state index contributed by atoms with van der Waals surface area (Å²) in [7, 11) is 0. The topological polar surface area (TPSA) is 78.6 Å². The summed E-state index contributed by atoms with van der Waals surface area (Å²) < 4.78 is 10.4. The molecule has 0 heterocycles. The summed E-state index contributed by atoms with van der Waals surface area (Å²) in [5, 5.41) is 0.803. The molecule has 0 spiro atoms. The van der Waals surface area contributed by atoms with Crippen LogP contribution in [0.1, 0.15) is 15.9 Å². The van der Waals surface area contributed by atoms with Gasteiger partial charge in [-0.3, -0.25) is 4.79 Å². The van der Waals surface area contributed by atoms with Gasteiger partial charge in [0.15, 0.2) is 6.61 Å². The maximum absolute atomic E-state index is 12.2. The van der Waals surface area contributed by atoms with Gasteiger partial charge in [0.05, 0.1) is 10.0 Å². The molecule has 0 fully saturated rings. The van der Waals surface area contributed by atoms with Gasteiger partial charge in [-0.2, -0.15) is 0 Å². The molecule has 0 aliphatic rings. The van der Waals surface area contributed by atoms with Crippen molar-refractivity contribution in [1.29, 1.82) is 0 Å². The van der Waals surface area contributed by atoms with E-state index in [1.165, 1.54) is 6.07 Å². The molecule has 0 saturated carbocycles. The van der Waals surface area contributed by atoms with E-state index in [0.29, 0.717) is 15.6 Å². The lowest BCUT2D eigenvalue weighted by molar-refractivity contribution is -0.119. The Labute approximate surface area is 142 Å². The fourth-order valence-corrected chi connectivity index (χ4v) is 2.09. The molecule has 0 radical (unpaired) electrons. The van der Waals surface area contributed by atoms with Crippen molar-refractivity contribution in [3.05, 3.63) is 63.6 Å². The number of benzene rings is 2. The Morgan fingerprint density at radius 2 is 1.78 bits per heavy atom. The Balaban J connectivity index is 2.05. The van der Waals surface area contributed by atoms with E-state index in [0.717, 1.165) is 0 Å². The van der Waals surface area contributed by atoms with E-state index in [1.54, 1.807) is 36.4 Å². The van der Waals surface area contributed by atoms with Crippen molar-refractivity contribution in [3.8, 4) is 5.75 Å². The molecule has 5 nitrogen and oxygen atoms in total. The first-order chi connectivity index (χ1) is 11.0. The molecule has 2 N–H and O–H groups in total. The summed E-state index contributed by atoms with van der Waals surface area (Å²) in [6, 6.07) is 11.4. The summed E-state index contributed by atoms with van der Waals surface area (Å²) in [6.45, 7) is -0.295. The molecule has 1 amide bonds. The maximum Gasteiger partial charge on any atom is 0.342 e. The molecule has 0 aliphatic carbocycles. The molecule has 7 heteroatoms. The number of ether oxygens (including phenoxy) is 2.